The van der Waals surface area contributed by atoms with Crippen molar-refractivity contribution in [3.63, 3.8) is 0 Å². The molecule has 0 unspecified atom stereocenters. The molecule has 0 radical (unpaired) electrons. The minimum Gasteiger partial charge on any atom is -0.343 e. The van der Waals surface area contributed by atoms with Crippen molar-refractivity contribution in [2.24, 2.45) is 0 Å². The van der Waals surface area contributed by atoms with Crippen molar-refractivity contribution in [2.45, 2.75) is 39.0 Å². The van der Waals surface area contributed by atoms with Gasteiger partial charge in [0.15, 0.2) is 5.13 Å². The number of carbonyl (C=O) groups excluding carboxylic acids is 2. The van der Waals surface area contributed by atoms with Crippen LogP contribution in [0.4, 0.5) is 10.8 Å². The third-order valence-electron chi connectivity index (χ3n) is 4.42. The van der Waals surface area contributed by atoms with Crippen molar-refractivity contribution < 1.29 is 14.5 Å². The van der Waals surface area contributed by atoms with Crippen molar-refractivity contribution >= 4 is 34.0 Å². The van der Waals surface area contributed by atoms with Gasteiger partial charge in [-0.15, -0.1) is 11.3 Å². The average molecular weight is 388 g/mol. The van der Waals surface area contributed by atoms with Gasteiger partial charge in [-0.3, -0.25) is 19.7 Å². The van der Waals surface area contributed by atoms with Gasteiger partial charge in [-0.2, -0.15) is 0 Å². The van der Waals surface area contributed by atoms with Gasteiger partial charge < -0.3 is 10.6 Å². The lowest BCUT2D eigenvalue weighted by molar-refractivity contribution is -0.385. The monoisotopic (exact) mass is 388 g/mol. The number of aryl methyl sites for hydroxylation is 3. The maximum atomic E-state index is 12.2. The highest BCUT2D eigenvalue weighted by molar-refractivity contribution is 7.15. The van der Waals surface area contributed by atoms with Crippen molar-refractivity contribution in [2.75, 3.05) is 11.9 Å². The number of fused-ring (bicyclic) bond motifs is 1. The van der Waals surface area contributed by atoms with Gasteiger partial charge in [-0.05, 0) is 38.7 Å². The summed E-state index contributed by atoms with van der Waals surface area (Å²) in [6.07, 6.45) is 5.38. The fourth-order valence-electron chi connectivity index (χ4n) is 2.96. The van der Waals surface area contributed by atoms with Crippen LogP contribution in [-0.2, 0) is 17.6 Å². The van der Waals surface area contributed by atoms with Crippen LogP contribution in [0.1, 0.15) is 45.8 Å². The van der Waals surface area contributed by atoms with Crippen molar-refractivity contribution in [1.29, 1.82) is 0 Å². The number of nitro groups is 1. The van der Waals surface area contributed by atoms with Crippen LogP contribution >= 0.6 is 11.3 Å². The Morgan fingerprint density at radius 3 is 2.81 bits per heavy atom. The molecule has 2 N–H and O–H groups in total. The number of nitro benzene ring substituents is 1. The number of hydrogen-bond donors (Lipinski definition) is 2. The summed E-state index contributed by atoms with van der Waals surface area (Å²) in [5.74, 6) is -0.919. The first-order chi connectivity index (χ1) is 12.9. The molecule has 2 aromatic rings. The van der Waals surface area contributed by atoms with Crippen molar-refractivity contribution in [3.8, 4) is 0 Å². The molecule has 0 fully saturated rings. The molecule has 8 nitrogen and oxygen atoms in total. The largest absolute Gasteiger partial charge is 0.343 e. The Morgan fingerprint density at radius 1 is 1.26 bits per heavy atom. The Hall–Kier alpha value is -2.81. The first-order valence-electron chi connectivity index (χ1n) is 8.75. The lowest BCUT2D eigenvalue weighted by Gasteiger charge is -2.06. The number of anilines is 1. The van der Waals surface area contributed by atoms with Gasteiger partial charge in [0.2, 0.25) is 5.91 Å². The molecule has 0 saturated heterocycles. The van der Waals surface area contributed by atoms with Gasteiger partial charge in [0.05, 0.1) is 17.2 Å². The number of nitrogens with zero attached hydrogens (tertiary/aromatic N) is 2. The summed E-state index contributed by atoms with van der Waals surface area (Å²) in [7, 11) is 0. The summed E-state index contributed by atoms with van der Waals surface area (Å²) in [6, 6.07) is 4.21. The Bertz CT molecular complexity index is 870. The van der Waals surface area contributed by atoms with Crippen LogP contribution in [-0.4, -0.2) is 28.3 Å². The standard InChI is InChI=1S/C18H20N4O4S/c1-11-7-8-12(9-14(11)22(25)26)17(24)19-10-16(23)21-18-20-13-5-3-2-4-6-15(13)27-18/h7-9H,2-6,10H2,1H3,(H,19,24)(H,20,21,23). The fourth-order valence-corrected chi connectivity index (χ4v) is 4.02. The van der Waals surface area contributed by atoms with E-state index in [1.54, 1.807) is 6.92 Å². The van der Waals surface area contributed by atoms with Crippen LogP contribution in [0.15, 0.2) is 18.2 Å². The Kier molecular flexibility index (Phi) is 5.80. The normalized spacial score (nSPS) is 13.4. The van der Waals surface area contributed by atoms with Crippen LogP contribution in [0.3, 0.4) is 0 Å². The number of aromatic nitrogens is 1. The molecule has 1 aromatic carbocycles. The molecule has 2 amide bonds. The first kappa shape index (κ1) is 19.0. The van der Waals surface area contributed by atoms with Crippen LogP contribution in [0.5, 0.6) is 0 Å². The van der Waals surface area contributed by atoms with E-state index in [9.17, 15) is 19.7 Å². The number of nitrogens with one attached hydrogen (secondary N) is 2. The zero-order valence-corrected chi connectivity index (χ0v) is 15.7. The van der Waals surface area contributed by atoms with E-state index < -0.39 is 10.8 Å². The Labute approximate surface area is 160 Å². The number of rotatable bonds is 5. The number of amides is 2. The highest BCUT2D eigenvalue weighted by atomic mass is 32.1. The molecule has 1 aromatic heterocycles. The summed E-state index contributed by atoms with van der Waals surface area (Å²) < 4.78 is 0. The number of benzene rings is 1. The molecule has 142 valence electrons. The second-order valence-electron chi connectivity index (χ2n) is 6.44. The molecule has 27 heavy (non-hydrogen) atoms. The maximum Gasteiger partial charge on any atom is 0.273 e. The third kappa shape index (κ3) is 4.68. The molecule has 0 spiro atoms. The van der Waals surface area contributed by atoms with E-state index in [1.807, 2.05) is 0 Å². The number of hydrogen-bond acceptors (Lipinski definition) is 6. The minimum atomic E-state index is -0.539. The van der Waals surface area contributed by atoms with Crippen molar-refractivity contribution in [1.82, 2.24) is 10.3 Å². The second kappa shape index (κ2) is 8.26. The number of carbonyl (C=O) groups is 2. The van der Waals surface area contributed by atoms with Crippen LogP contribution in [0.2, 0.25) is 0 Å². The summed E-state index contributed by atoms with van der Waals surface area (Å²) in [5.41, 5.74) is 1.54. The van der Waals surface area contributed by atoms with Gasteiger partial charge in [-0.1, -0.05) is 12.5 Å². The Balaban J connectivity index is 1.57. The summed E-state index contributed by atoms with van der Waals surface area (Å²) in [4.78, 5) is 40.4. The van der Waals surface area contributed by atoms with E-state index in [1.165, 1.54) is 40.8 Å². The molecule has 9 heteroatoms. The van der Waals surface area contributed by atoms with E-state index in [0.29, 0.717) is 10.7 Å². The molecule has 0 saturated carbocycles. The SMILES string of the molecule is Cc1ccc(C(=O)NCC(=O)Nc2nc3c(s2)CCCCC3)cc1[N+](=O)[O-]. The molecule has 1 heterocycles. The van der Waals surface area contributed by atoms with Gasteiger partial charge in [0, 0.05) is 22.1 Å². The molecule has 1 aliphatic carbocycles. The topological polar surface area (TPSA) is 114 Å². The number of thiazole rings is 1. The summed E-state index contributed by atoms with van der Waals surface area (Å²) >= 11 is 1.48. The second-order valence-corrected chi connectivity index (χ2v) is 7.52. The molecular weight excluding hydrogens is 368 g/mol. The highest BCUT2D eigenvalue weighted by Crippen LogP contribution is 2.28. The molecular formula is C18H20N4O4S. The predicted molar refractivity (Wildman–Crippen MR) is 102 cm³/mol. The minimum absolute atomic E-state index is 0.128. The zero-order chi connectivity index (χ0) is 19.4. The van der Waals surface area contributed by atoms with Gasteiger partial charge in [0.1, 0.15) is 0 Å². The van der Waals surface area contributed by atoms with E-state index in [0.717, 1.165) is 31.4 Å². The summed E-state index contributed by atoms with van der Waals surface area (Å²) in [6.45, 7) is 1.37. The molecule has 0 bridgehead atoms. The fraction of sp³-hybridized carbons (Fsp3) is 0.389. The maximum absolute atomic E-state index is 12.2. The smallest absolute Gasteiger partial charge is 0.273 e. The first-order valence-corrected chi connectivity index (χ1v) is 9.57. The van der Waals surface area contributed by atoms with E-state index >= 15 is 0 Å². The van der Waals surface area contributed by atoms with Gasteiger partial charge in [-0.25, -0.2) is 4.98 Å². The van der Waals surface area contributed by atoms with Crippen LogP contribution in [0, 0.1) is 17.0 Å². The molecule has 3 rings (SSSR count). The highest BCUT2D eigenvalue weighted by Gasteiger charge is 2.17. The Morgan fingerprint density at radius 2 is 2.04 bits per heavy atom. The molecule has 0 atom stereocenters. The van der Waals surface area contributed by atoms with E-state index in [-0.39, 0.29) is 23.7 Å². The quantitative estimate of drug-likeness (QED) is 0.464. The lowest BCUT2D eigenvalue weighted by atomic mass is 10.1. The van der Waals surface area contributed by atoms with Gasteiger partial charge in [0.25, 0.3) is 11.6 Å². The third-order valence-corrected chi connectivity index (χ3v) is 5.49. The van der Waals surface area contributed by atoms with Crippen LogP contribution < -0.4 is 10.6 Å². The summed E-state index contributed by atoms with van der Waals surface area (Å²) in [5, 5.41) is 16.7. The van der Waals surface area contributed by atoms with E-state index in [4.69, 9.17) is 0 Å². The average Bonchev–Trinajstić information content (AvgIpc) is 2.87. The van der Waals surface area contributed by atoms with E-state index in [2.05, 4.69) is 15.6 Å². The molecule has 0 aliphatic heterocycles. The van der Waals surface area contributed by atoms with Crippen LogP contribution in [0.25, 0.3) is 0 Å². The van der Waals surface area contributed by atoms with Crippen molar-refractivity contribution in [3.05, 3.63) is 50.0 Å². The zero-order valence-electron chi connectivity index (χ0n) is 14.9. The lowest BCUT2D eigenvalue weighted by Crippen LogP contribution is -2.32. The van der Waals surface area contributed by atoms with Gasteiger partial charge >= 0.3 is 0 Å². The predicted octanol–water partition coefficient (Wildman–Crippen LogP) is 3.00. The molecule has 1 aliphatic rings.